The second kappa shape index (κ2) is 10.4. The molecule has 1 saturated heterocycles. The van der Waals surface area contributed by atoms with Gasteiger partial charge in [0.1, 0.15) is 11.6 Å². The molecule has 31 heavy (non-hydrogen) atoms. The van der Waals surface area contributed by atoms with Crippen LogP contribution in [0.2, 0.25) is 0 Å². The number of hydrogen-bond acceptors (Lipinski definition) is 6. The lowest BCUT2D eigenvalue weighted by molar-refractivity contribution is -0.118. The van der Waals surface area contributed by atoms with Crippen molar-refractivity contribution in [3.05, 3.63) is 48.3 Å². The van der Waals surface area contributed by atoms with Crippen LogP contribution in [0.3, 0.4) is 0 Å². The van der Waals surface area contributed by atoms with E-state index in [1.807, 2.05) is 25.1 Å². The average Bonchev–Trinajstić information content (AvgIpc) is 3.42. The largest absolute Gasteiger partial charge is 0.494 e. The summed E-state index contributed by atoms with van der Waals surface area (Å²) in [6.07, 6.45) is 2.38. The maximum Gasteiger partial charge on any atom is 0.229 e. The van der Waals surface area contributed by atoms with Crippen LogP contribution in [0.1, 0.15) is 26.2 Å². The number of thioether (sulfide) groups is 1. The molecular formula is C23H25FN2O3S2. The topological polar surface area (TPSA) is 51.7 Å². The van der Waals surface area contributed by atoms with Gasteiger partial charge in [-0.2, -0.15) is 0 Å². The van der Waals surface area contributed by atoms with Crippen molar-refractivity contribution in [1.29, 1.82) is 0 Å². The van der Waals surface area contributed by atoms with Crippen LogP contribution in [0.15, 0.2) is 47.4 Å². The Morgan fingerprint density at radius 2 is 2.16 bits per heavy atom. The van der Waals surface area contributed by atoms with E-state index in [0.29, 0.717) is 30.5 Å². The monoisotopic (exact) mass is 460 g/mol. The fourth-order valence-electron chi connectivity index (χ4n) is 3.47. The molecule has 0 saturated carbocycles. The van der Waals surface area contributed by atoms with Crippen LogP contribution >= 0.6 is 23.1 Å². The van der Waals surface area contributed by atoms with Gasteiger partial charge in [0.05, 0.1) is 29.5 Å². The number of fused-ring (bicyclic) bond motifs is 1. The highest BCUT2D eigenvalue weighted by molar-refractivity contribution is 7.99. The Hall–Kier alpha value is -2.16. The van der Waals surface area contributed by atoms with Gasteiger partial charge in [0.2, 0.25) is 5.91 Å². The molecule has 1 aliphatic rings. The molecule has 8 heteroatoms. The smallest absolute Gasteiger partial charge is 0.229 e. The molecule has 1 fully saturated rings. The number of thiazole rings is 1. The zero-order valence-corrected chi connectivity index (χ0v) is 19.0. The molecule has 3 aromatic rings. The van der Waals surface area contributed by atoms with E-state index in [4.69, 9.17) is 14.5 Å². The highest BCUT2D eigenvalue weighted by Crippen LogP contribution is 2.33. The van der Waals surface area contributed by atoms with Crippen molar-refractivity contribution in [2.24, 2.45) is 0 Å². The van der Waals surface area contributed by atoms with E-state index in [2.05, 4.69) is 0 Å². The number of benzene rings is 2. The number of anilines is 1. The van der Waals surface area contributed by atoms with Gasteiger partial charge in [-0.15, -0.1) is 11.8 Å². The third-order valence-electron chi connectivity index (χ3n) is 5.00. The van der Waals surface area contributed by atoms with Gasteiger partial charge in [-0.1, -0.05) is 11.3 Å². The van der Waals surface area contributed by atoms with Gasteiger partial charge in [-0.05, 0) is 62.2 Å². The molecule has 1 unspecified atom stereocenters. The fraction of sp³-hybridized carbons (Fsp3) is 0.391. The molecule has 0 radical (unpaired) electrons. The minimum absolute atomic E-state index is 0.0224. The van der Waals surface area contributed by atoms with Gasteiger partial charge < -0.3 is 9.47 Å². The molecule has 0 bridgehead atoms. The molecule has 2 aromatic carbocycles. The predicted octanol–water partition coefficient (Wildman–Crippen LogP) is 5.53. The Morgan fingerprint density at radius 3 is 2.90 bits per heavy atom. The lowest BCUT2D eigenvalue weighted by atomic mass is 10.2. The van der Waals surface area contributed by atoms with E-state index in [1.165, 1.54) is 23.5 Å². The molecule has 2 heterocycles. The Bertz CT molecular complexity index is 1020. The van der Waals surface area contributed by atoms with E-state index >= 15 is 0 Å². The quantitative estimate of drug-likeness (QED) is 0.393. The molecule has 164 valence electrons. The van der Waals surface area contributed by atoms with Crippen molar-refractivity contribution < 1.29 is 18.7 Å². The molecule has 0 aliphatic carbocycles. The van der Waals surface area contributed by atoms with Crippen molar-refractivity contribution in [2.45, 2.75) is 37.2 Å². The summed E-state index contributed by atoms with van der Waals surface area (Å²) in [5.41, 5.74) is 0.856. The summed E-state index contributed by atoms with van der Waals surface area (Å²) in [4.78, 5) is 20.6. The van der Waals surface area contributed by atoms with Crippen LogP contribution in [-0.2, 0) is 9.53 Å². The molecule has 1 atom stereocenters. The van der Waals surface area contributed by atoms with E-state index in [1.54, 1.807) is 28.8 Å². The Morgan fingerprint density at radius 1 is 1.32 bits per heavy atom. The first-order valence-electron chi connectivity index (χ1n) is 10.5. The van der Waals surface area contributed by atoms with Gasteiger partial charge >= 0.3 is 0 Å². The molecule has 0 spiro atoms. The normalized spacial score (nSPS) is 16.0. The van der Waals surface area contributed by atoms with Gasteiger partial charge in [-0.3, -0.25) is 9.69 Å². The summed E-state index contributed by atoms with van der Waals surface area (Å²) in [5.74, 6) is 1.19. The van der Waals surface area contributed by atoms with Crippen molar-refractivity contribution in [3.8, 4) is 5.75 Å². The summed E-state index contributed by atoms with van der Waals surface area (Å²) < 4.78 is 25.5. The number of nitrogens with zero attached hydrogens (tertiary/aromatic N) is 2. The minimum Gasteiger partial charge on any atom is -0.494 e. The Kier molecular flexibility index (Phi) is 7.42. The maximum atomic E-state index is 13.2. The van der Waals surface area contributed by atoms with Crippen molar-refractivity contribution >= 4 is 44.4 Å². The third-order valence-corrected chi connectivity index (χ3v) is 7.05. The highest BCUT2D eigenvalue weighted by atomic mass is 32.2. The second-order valence-electron chi connectivity index (χ2n) is 7.25. The van der Waals surface area contributed by atoms with E-state index in [-0.39, 0.29) is 17.8 Å². The fourth-order valence-corrected chi connectivity index (χ4v) is 5.33. The third kappa shape index (κ3) is 5.75. The summed E-state index contributed by atoms with van der Waals surface area (Å²) in [6.45, 7) is 3.81. The number of ether oxygens (including phenoxy) is 2. The SMILES string of the molecule is CCOc1ccc2nc(N(CC3CCCO3)C(=O)CCSc3ccc(F)cc3)sc2c1. The standard InChI is InChI=1S/C23H25FN2O3S2/c1-2-28-17-7-10-20-21(14-17)31-23(25-20)26(15-18-4-3-12-29-18)22(27)11-13-30-19-8-5-16(24)6-9-19/h5-10,14,18H,2-4,11-13,15H2,1H3. The number of hydrogen-bond donors (Lipinski definition) is 0. The lowest BCUT2D eigenvalue weighted by Crippen LogP contribution is -2.37. The number of halogens is 1. The first kappa shape index (κ1) is 22.0. The van der Waals surface area contributed by atoms with Crippen LogP contribution < -0.4 is 9.64 Å². The summed E-state index contributed by atoms with van der Waals surface area (Å²) in [7, 11) is 0. The molecular weight excluding hydrogens is 435 g/mol. The molecule has 1 aromatic heterocycles. The zero-order valence-electron chi connectivity index (χ0n) is 17.4. The number of carbonyl (C=O) groups is 1. The molecule has 5 nitrogen and oxygen atoms in total. The summed E-state index contributed by atoms with van der Waals surface area (Å²) >= 11 is 3.04. The van der Waals surface area contributed by atoms with Crippen LogP contribution in [-0.4, -0.2) is 42.5 Å². The number of aromatic nitrogens is 1. The predicted molar refractivity (Wildman–Crippen MR) is 124 cm³/mol. The van der Waals surface area contributed by atoms with Crippen LogP contribution in [0.25, 0.3) is 10.2 Å². The van der Waals surface area contributed by atoms with E-state index in [9.17, 15) is 9.18 Å². The number of amides is 1. The second-order valence-corrected chi connectivity index (χ2v) is 9.43. The maximum absolute atomic E-state index is 13.2. The van der Waals surface area contributed by atoms with Crippen LogP contribution in [0.4, 0.5) is 9.52 Å². The van der Waals surface area contributed by atoms with Gasteiger partial charge in [0.25, 0.3) is 0 Å². The van der Waals surface area contributed by atoms with Crippen LogP contribution in [0.5, 0.6) is 5.75 Å². The Balaban J connectivity index is 1.48. The highest BCUT2D eigenvalue weighted by Gasteiger charge is 2.26. The van der Waals surface area contributed by atoms with Crippen LogP contribution in [0, 0.1) is 5.82 Å². The molecule has 0 N–H and O–H groups in total. The Labute approximate surface area is 189 Å². The van der Waals surface area contributed by atoms with E-state index < -0.39 is 0 Å². The first-order valence-corrected chi connectivity index (χ1v) is 12.3. The average molecular weight is 461 g/mol. The van der Waals surface area contributed by atoms with Crippen molar-refractivity contribution in [1.82, 2.24) is 4.98 Å². The minimum atomic E-state index is -0.258. The van der Waals surface area contributed by atoms with Gasteiger partial charge in [0, 0.05) is 23.7 Å². The summed E-state index contributed by atoms with van der Waals surface area (Å²) in [5, 5.41) is 0.691. The van der Waals surface area contributed by atoms with Gasteiger partial charge in [-0.25, -0.2) is 9.37 Å². The van der Waals surface area contributed by atoms with E-state index in [0.717, 1.165) is 40.3 Å². The zero-order chi connectivity index (χ0) is 21.6. The van der Waals surface area contributed by atoms with Crippen molar-refractivity contribution in [3.63, 3.8) is 0 Å². The lowest BCUT2D eigenvalue weighted by Gasteiger charge is -2.23. The summed E-state index contributed by atoms with van der Waals surface area (Å²) in [6, 6.07) is 12.1. The van der Waals surface area contributed by atoms with Gasteiger partial charge in [0.15, 0.2) is 5.13 Å². The molecule has 4 rings (SSSR count). The number of rotatable bonds is 9. The molecule has 1 aliphatic heterocycles. The molecule has 1 amide bonds. The van der Waals surface area contributed by atoms with Crippen molar-refractivity contribution in [2.75, 3.05) is 30.4 Å². The first-order chi connectivity index (χ1) is 15.1. The number of carbonyl (C=O) groups excluding carboxylic acids is 1.